The van der Waals surface area contributed by atoms with Crippen molar-refractivity contribution in [1.29, 1.82) is 0 Å². The van der Waals surface area contributed by atoms with Crippen molar-refractivity contribution in [2.24, 2.45) is 0 Å². The molecule has 0 aliphatic carbocycles. The minimum atomic E-state index is -0.417. The van der Waals surface area contributed by atoms with E-state index in [2.05, 4.69) is 10.6 Å². The maximum atomic E-state index is 12.6. The monoisotopic (exact) mass is 394 g/mol. The van der Waals surface area contributed by atoms with Gasteiger partial charge in [0.15, 0.2) is 5.76 Å². The van der Waals surface area contributed by atoms with Crippen molar-refractivity contribution in [1.82, 2.24) is 0 Å². The lowest BCUT2D eigenvalue weighted by Crippen LogP contribution is -2.15. The van der Waals surface area contributed by atoms with E-state index in [1.807, 2.05) is 19.9 Å². The average Bonchev–Trinajstić information content (AvgIpc) is 3.27. The Balaban J connectivity index is 1.92. The van der Waals surface area contributed by atoms with Crippen molar-refractivity contribution in [3.63, 3.8) is 0 Å². The van der Waals surface area contributed by atoms with Crippen LogP contribution in [0.5, 0.6) is 11.5 Å². The van der Waals surface area contributed by atoms with Crippen LogP contribution in [0.25, 0.3) is 0 Å². The Morgan fingerprint density at radius 1 is 0.828 bits per heavy atom. The molecule has 0 aliphatic rings. The smallest absolute Gasteiger partial charge is 0.291 e. The van der Waals surface area contributed by atoms with Crippen molar-refractivity contribution < 1.29 is 23.5 Å². The second kappa shape index (κ2) is 9.45. The second-order valence-electron chi connectivity index (χ2n) is 5.96. The predicted molar refractivity (Wildman–Crippen MR) is 110 cm³/mol. The number of carbonyl (C=O) groups excluding carboxylic acids is 2. The van der Waals surface area contributed by atoms with E-state index in [0.29, 0.717) is 41.7 Å². The molecule has 150 valence electrons. The van der Waals surface area contributed by atoms with Crippen molar-refractivity contribution in [3.8, 4) is 11.5 Å². The molecule has 0 radical (unpaired) electrons. The largest absolute Gasteiger partial charge is 0.492 e. The molecule has 2 amide bonds. The number of hydrogen-bond acceptors (Lipinski definition) is 5. The highest BCUT2D eigenvalue weighted by molar-refractivity contribution is 6.06. The molecule has 1 aromatic heterocycles. The topological polar surface area (TPSA) is 89.8 Å². The number of anilines is 2. The van der Waals surface area contributed by atoms with Gasteiger partial charge >= 0.3 is 0 Å². The van der Waals surface area contributed by atoms with Gasteiger partial charge in [-0.3, -0.25) is 9.59 Å². The summed E-state index contributed by atoms with van der Waals surface area (Å²) in [7, 11) is 0. The lowest BCUT2D eigenvalue weighted by molar-refractivity contribution is 0.0993. The van der Waals surface area contributed by atoms with E-state index in [4.69, 9.17) is 13.9 Å². The zero-order chi connectivity index (χ0) is 20.6. The zero-order valence-corrected chi connectivity index (χ0v) is 16.2. The summed E-state index contributed by atoms with van der Waals surface area (Å²) in [5, 5.41) is 5.60. The first-order valence-corrected chi connectivity index (χ1v) is 9.27. The van der Waals surface area contributed by atoms with E-state index in [-0.39, 0.29) is 11.7 Å². The molecule has 29 heavy (non-hydrogen) atoms. The third-order valence-corrected chi connectivity index (χ3v) is 3.96. The first-order chi connectivity index (χ1) is 14.1. The van der Waals surface area contributed by atoms with Gasteiger partial charge in [-0.25, -0.2) is 0 Å². The van der Waals surface area contributed by atoms with Gasteiger partial charge in [-0.2, -0.15) is 0 Å². The van der Waals surface area contributed by atoms with Crippen LogP contribution < -0.4 is 20.1 Å². The van der Waals surface area contributed by atoms with Gasteiger partial charge in [0.25, 0.3) is 11.8 Å². The third-order valence-electron chi connectivity index (χ3n) is 3.96. The lowest BCUT2D eigenvalue weighted by Gasteiger charge is -2.17. The fraction of sp³-hybridized carbons (Fsp3) is 0.182. The van der Waals surface area contributed by atoms with Crippen LogP contribution >= 0.6 is 0 Å². The molecule has 0 saturated carbocycles. The Bertz CT molecular complexity index is 968. The molecule has 0 spiro atoms. The van der Waals surface area contributed by atoms with Crippen molar-refractivity contribution in [2.75, 3.05) is 23.8 Å². The molecule has 2 aromatic carbocycles. The van der Waals surface area contributed by atoms with E-state index in [9.17, 15) is 9.59 Å². The molecular weight excluding hydrogens is 372 g/mol. The maximum Gasteiger partial charge on any atom is 0.291 e. The number of furan rings is 1. The highest BCUT2D eigenvalue weighted by Crippen LogP contribution is 2.37. The number of rotatable bonds is 8. The number of nitrogens with one attached hydrogen (secondary N) is 2. The van der Waals surface area contributed by atoms with E-state index >= 15 is 0 Å². The summed E-state index contributed by atoms with van der Waals surface area (Å²) in [4.78, 5) is 24.9. The van der Waals surface area contributed by atoms with Crippen LogP contribution in [0, 0.1) is 0 Å². The summed E-state index contributed by atoms with van der Waals surface area (Å²) in [6, 6.07) is 15.3. The molecule has 0 fully saturated rings. The molecule has 3 rings (SSSR count). The molecule has 0 aliphatic heterocycles. The van der Waals surface area contributed by atoms with Gasteiger partial charge in [0, 0.05) is 17.7 Å². The second-order valence-corrected chi connectivity index (χ2v) is 5.96. The molecule has 3 aromatic rings. The molecular formula is C22H22N2O5. The summed E-state index contributed by atoms with van der Waals surface area (Å²) in [6.45, 7) is 4.43. The van der Waals surface area contributed by atoms with Crippen LogP contribution in [-0.2, 0) is 0 Å². The van der Waals surface area contributed by atoms with E-state index < -0.39 is 5.91 Å². The van der Waals surface area contributed by atoms with Gasteiger partial charge in [-0.1, -0.05) is 18.2 Å². The van der Waals surface area contributed by atoms with Gasteiger partial charge in [0.1, 0.15) is 11.5 Å². The van der Waals surface area contributed by atoms with Crippen LogP contribution in [0.3, 0.4) is 0 Å². The summed E-state index contributed by atoms with van der Waals surface area (Å²) in [5.41, 5.74) is 1.37. The van der Waals surface area contributed by atoms with Crippen LogP contribution in [0.2, 0.25) is 0 Å². The SMILES string of the molecule is CCOc1cc(NC(=O)c2ccco2)c(OCC)cc1NC(=O)c1ccccc1. The Kier molecular flexibility index (Phi) is 6.52. The average molecular weight is 394 g/mol. The highest BCUT2D eigenvalue weighted by atomic mass is 16.5. The van der Waals surface area contributed by atoms with E-state index in [1.165, 1.54) is 6.26 Å². The van der Waals surface area contributed by atoms with Gasteiger partial charge in [0.2, 0.25) is 0 Å². The van der Waals surface area contributed by atoms with E-state index in [1.54, 1.807) is 48.5 Å². The Morgan fingerprint density at radius 2 is 1.41 bits per heavy atom. The van der Waals surface area contributed by atoms with Crippen molar-refractivity contribution in [2.45, 2.75) is 13.8 Å². The van der Waals surface area contributed by atoms with E-state index in [0.717, 1.165) is 0 Å². The summed E-state index contributed by atoms with van der Waals surface area (Å²) in [6.07, 6.45) is 1.42. The standard InChI is InChI=1S/C22H22N2O5/c1-3-27-19-14-17(24-22(26)18-11-8-12-29-18)20(28-4-2)13-16(19)23-21(25)15-9-6-5-7-10-15/h5-14H,3-4H2,1-2H3,(H,23,25)(H,24,26). The van der Waals surface area contributed by atoms with Crippen LogP contribution in [0.15, 0.2) is 65.3 Å². The minimum Gasteiger partial charge on any atom is -0.492 e. The van der Waals surface area contributed by atoms with Crippen molar-refractivity contribution in [3.05, 3.63) is 72.2 Å². The van der Waals surface area contributed by atoms with Gasteiger partial charge in [-0.05, 0) is 38.1 Å². The van der Waals surface area contributed by atoms with Gasteiger partial charge in [-0.15, -0.1) is 0 Å². The molecule has 0 bridgehead atoms. The molecule has 1 heterocycles. The van der Waals surface area contributed by atoms with Crippen LogP contribution in [-0.4, -0.2) is 25.0 Å². The summed E-state index contributed by atoms with van der Waals surface area (Å²) in [5.74, 6) is 0.293. The number of carbonyl (C=O) groups is 2. The summed E-state index contributed by atoms with van der Waals surface area (Å²) >= 11 is 0. The van der Waals surface area contributed by atoms with Gasteiger partial charge in [0.05, 0.1) is 30.9 Å². The summed E-state index contributed by atoms with van der Waals surface area (Å²) < 4.78 is 16.5. The zero-order valence-electron chi connectivity index (χ0n) is 16.2. The number of ether oxygens (including phenoxy) is 2. The normalized spacial score (nSPS) is 10.3. The lowest BCUT2D eigenvalue weighted by atomic mass is 10.2. The van der Waals surface area contributed by atoms with Crippen LogP contribution in [0.4, 0.5) is 11.4 Å². The number of hydrogen-bond donors (Lipinski definition) is 2. The predicted octanol–water partition coefficient (Wildman–Crippen LogP) is 4.58. The first kappa shape index (κ1) is 20.0. The molecule has 0 unspecified atom stereocenters. The van der Waals surface area contributed by atoms with Crippen LogP contribution in [0.1, 0.15) is 34.8 Å². The fourth-order valence-corrected chi connectivity index (χ4v) is 2.68. The minimum absolute atomic E-state index is 0.173. The Morgan fingerprint density at radius 3 is 1.93 bits per heavy atom. The van der Waals surface area contributed by atoms with Gasteiger partial charge < -0.3 is 24.5 Å². The molecule has 2 N–H and O–H groups in total. The molecule has 7 nitrogen and oxygen atoms in total. The Labute approximate surface area is 168 Å². The molecule has 0 saturated heterocycles. The molecule has 7 heteroatoms. The third kappa shape index (κ3) is 4.95. The quantitative estimate of drug-likeness (QED) is 0.584. The molecule has 0 atom stereocenters. The van der Waals surface area contributed by atoms with Crippen molar-refractivity contribution >= 4 is 23.2 Å². The maximum absolute atomic E-state index is 12.6. The fourth-order valence-electron chi connectivity index (χ4n) is 2.68. The highest BCUT2D eigenvalue weighted by Gasteiger charge is 2.18. The Hall–Kier alpha value is -3.74. The number of amides is 2. The first-order valence-electron chi connectivity index (χ1n) is 9.27. The number of benzene rings is 2.